The molecule has 0 bridgehead atoms. The van der Waals surface area contributed by atoms with E-state index >= 15 is 0 Å². The number of ether oxygens (including phenoxy) is 2. The molecule has 0 radical (unpaired) electrons. The number of carbonyl (C=O) groups excluding carboxylic acids is 1. The molecule has 0 aliphatic carbocycles. The fraction of sp³-hybridized carbons (Fsp3) is 0.485. The van der Waals surface area contributed by atoms with Crippen LogP contribution in [0.1, 0.15) is 37.1 Å². The predicted octanol–water partition coefficient (Wildman–Crippen LogP) is 5.10. The Balaban J connectivity index is 1.39. The lowest BCUT2D eigenvalue weighted by atomic mass is 10.1. The van der Waals surface area contributed by atoms with Gasteiger partial charge < -0.3 is 23.8 Å². The summed E-state index contributed by atoms with van der Waals surface area (Å²) in [6.45, 7) is 15.1. The second-order valence-electron chi connectivity index (χ2n) is 10.5. The standard InChI is InChI=1S/C33H46N4O3/c1-6-34(7-2)17-9-18-37-26(3)30(31-25-29(40-5)12-14-32(31)37)13-15-33(38)36-22-20-35(21-23-36)19-16-27-10-8-11-28(24-27)39-4/h8,10-15,24-25H,6-7,9,16-23H2,1-5H3/b15-13+. The summed E-state index contributed by atoms with van der Waals surface area (Å²) in [5, 5.41) is 1.13. The zero-order chi connectivity index (χ0) is 28.5. The van der Waals surface area contributed by atoms with Crippen LogP contribution in [-0.4, -0.2) is 91.8 Å². The van der Waals surface area contributed by atoms with E-state index in [-0.39, 0.29) is 5.91 Å². The number of fused-ring (bicyclic) bond motifs is 1. The van der Waals surface area contributed by atoms with Crippen molar-refractivity contribution in [2.75, 3.05) is 66.6 Å². The molecular weight excluding hydrogens is 500 g/mol. The maximum Gasteiger partial charge on any atom is 0.246 e. The lowest BCUT2D eigenvalue weighted by Gasteiger charge is -2.34. The molecule has 40 heavy (non-hydrogen) atoms. The highest BCUT2D eigenvalue weighted by molar-refractivity contribution is 5.98. The van der Waals surface area contributed by atoms with E-state index in [2.05, 4.69) is 59.4 Å². The monoisotopic (exact) mass is 546 g/mol. The Labute approximate surface area is 239 Å². The van der Waals surface area contributed by atoms with Crippen molar-refractivity contribution in [1.82, 2.24) is 19.3 Å². The molecular formula is C33H46N4O3. The topological polar surface area (TPSA) is 50.2 Å². The molecule has 4 rings (SSSR count). The number of methoxy groups -OCH3 is 2. The molecule has 1 fully saturated rings. The Morgan fingerprint density at radius 1 is 0.950 bits per heavy atom. The highest BCUT2D eigenvalue weighted by Gasteiger charge is 2.20. The van der Waals surface area contributed by atoms with E-state index in [0.717, 1.165) is 94.2 Å². The third kappa shape index (κ3) is 7.26. The average Bonchev–Trinajstić information content (AvgIpc) is 3.26. The number of carbonyl (C=O) groups is 1. The molecule has 0 spiro atoms. The van der Waals surface area contributed by atoms with Crippen molar-refractivity contribution >= 4 is 22.9 Å². The molecule has 1 aliphatic rings. The third-order valence-electron chi connectivity index (χ3n) is 8.26. The number of rotatable bonds is 13. The van der Waals surface area contributed by atoms with Gasteiger partial charge in [0.05, 0.1) is 14.2 Å². The SMILES string of the molecule is CCN(CC)CCCn1c(C)c(/C=C/C(=O)N2CCN(CCc3cccc(OC)c3)CC2)c2cc(OC)ccc21. The van der Waals surface area contributed by atoms with E-state index in [1.54, 1.807) is 20.3 Å². The maximum atomic E-state index is 13.2. The van der Waals surface area contributed by atoms with Gasteiger partial charge in [-0.25, -0.2) is 0 Å². The number of hydrogen-bond donors (Lipinski definition) is 0. The van der Waals surface area contributed by atoms with Gasteiger partial charge in [-0.1, -0.05) is 26.0 Å². The molecule has 2 heterocycles. The molecule has 1 aliphatic heterocycles. The highest BCUT2D eigenvalue weighted by Crippen LogP contribution is 2.31. The summed E-state index contributed by atoms with van der Waals surface area (Å²) in [6, 6.07) is 14.5. The lowest BCUT2D eigenvalue weighted by molar-refractivity contribution is -0.127. The first-order valence-corrected chi connectivity index (χ1v) is 14.7. The van der Waals surface area contributed by atoms with Crippen LogP contribution in [0.5, 0.6) is 11.5 Å². The van der Waals surface area contributed by atoms with Gasteiger partial charge in [-0.2, -0.15) is 0 Å². The van der Waals surface area contributed by atoms with Crippen LogP contribution in [0, 0.1) is 6.92 Å². The normalized spacial score (nSPS) is 14.5. The Hall–Kier alpha value is -3.29. The quantitative estimate of drug-likeness (QED) is 0.279. The number of aromatic nitrogens is 1. The number of piperazine rings is 1. The molecule has 3 aromatic rings. The molecule has 1 saturated heterocycles. The van der Waals surface area contributed by atoms with Crippen LogP contribution in [0.3, 0.4) is 0 Å². The summed E-state index contributed by atoms with van der Waals surface area (Å²) in [7, 11) is 3.40. The van der Waals surface area contributed by atoms with Crippen LogP contribution in [0.4, 0.5) is 0 Å². The Bertz CT molecular complexity index is 1290. The predicted molar refractivity (Wildman–Crippen MR) is 164 cm³/mol. The lowest BCUT2D eigenvalue weighted by Crippen LogP contribution is -2.48. The van der Waals surface area contributed by atoms with Crippen LogP contribution in [0.25, 0.3) is 17.0 Å². The molecule has 1 aromatic heterocycles. The van der Waals surface area contributed by atoms with Crippen molar-refractivity contribution in [2.45, 2.75) is 40.2 Å². The minimum atomic E-state index is 0.0807. The van der Waals surface area contributed by atoms with Crippen molar-refractivity contribution < 1.29 is 14.3 Å². The van der Waals surface area contributed by atoms with E-state index in [1.807, 2.05) is 29.2 Å². The fourth-order valence-electron chi connectivity index (χ4n) is 5.67. The van der Waals surface area contributed by atoms with E-state index in [1.165, 1.54) is 16.8 Å². The van der Waals surface area contributed by atoms with Crippen LogP contribution in [-0.2, 0) is 17.8 Å². The van der Waals surface area contributed by atoms with E-state index < -0.39 is 0 Å². The number of nitrogens with zero attached hydrogens (tertiary/aromatic N) is 4. The van der Waals surface area contributed by atoms with Crippen LogP contribution in [0.2, 0.25) is 0 Å². The first-order chi connectivity index (χ1) is 19.5. The number of amides is 1. The average molecular weight is 547 g/mol. The van der Waals surface area contributed by atoms with Gasteiger partial charge in [0.25, 0.3) is 0 Å². The van der Waals surface area contributed by atoms with Crippen molar-refractivity contribution in [3.63, 3.8) is 0 Å². The minimum Gasteiger partial charge on any atom is -0.497 e. The summed E-state index contributed by atoms with van der Waals surface area (Å²) in [5.74, 6) is 1.81. The number of aryl methyl sites for hydroxylation is 1. The zero-order valence-electron chi connectivity index (χ0n) is 25.0. The molecule has 0 unspecified atom stereocenters. The van der Waals surface area contributed by atoms with Gasteiger partial charge in [-0.15, -0.1) is 0 Å². The molecule has 7 heteroatoms. The Morgan fingerprint density at radius 3 is 2.38 bits per heavy atom. The van der Waals surface area contributed by atoms with Crippen molar-refractivity contribution in [1.29, 1.82) is 0 Å². The highest BCUT2D eigenvalue weighted by atomic mass is 16.5. The van der Waals surface area contributed by atoms with E-state index in [4.69, 9.17) is 9.47 Å². The Kier molecular flexibility index (Phi) is 10.7. The van der Waals surface area contributed by atoms with Gasteiger partial charge in [-0.3, -0.25) is 9.69 Å². The first kappa shape index (κ1) is 29.7. The molecule has 2 aromatic carbocycles. The van der Waals surface area contributed by atoms with E-state index in [9.17, 15) is 4.79 Å². The second kappa shape index (κ2) is 14.4. The summed E-state index contributed by atoms with van der Waals surface area (Å²) in [5.41, 5.74) is 4.76. The van der Waals surface area contributed by atoms with Gasteiger partial charge in [0.15, 0.2) is 0 Å². The van der Waals surface area contributed by atoms with Gasteiger partial charge in [-0.05, 0) is 81.4 Å². The molecule has 7 nitrogen and oxygen atoms in total. The van der Waals surface area contributed by atoms with Crippen molar-refractivity contribution in [2.24, 2.45) is 0 Å². The molecule has 0 saturated carbocycles. The number of hydrogen-bond acceptors (Lipinski definition) is 5. The summed E-state index contributed by atoms with van der Waals surface area (Å²) in [4.78, 5) is 20.1. The first-order valence-electron chi connectivity index (χ1n) is 14.7. The van der Waals surface area contributed by atoms with E-state index in [0.29, 0.717) is 0 Å². The van der Waals surface area contributed by atoms with Gasteiger partial charge in [0, 0.05) is 67.5 Å². The van der Waals surface area contributed by atoms with Gasteiger partial charge in [0.2, 0.25) is 5.91 Å². The summed E-state index contributed by atoms with van der Waals surface area (Å²) >= 11 is 0. The molecule has 0 atom stereocenters. The van der Waals surface area contributed by atoms with Crippen LogP contribution >= 0.6 is 0 Å². The van der Waals surface area contributed by atoms with Gasteiger partial charge in [0.1, 0.15) is 11.5 Å². The third-order valence-corrected chi connectivity index (χ3v) is 8.26. The van der Waals surface area contributed by atoms with Gasteiger partial charge >= 0.3 is 0 Å². The van der Waals surface area contributed by atoms with Crippen LogP contribution in [0.15, 0.2) is 48.5 Å². The van der Waals surface area contributed by atoms with Crippen LogP contribution < -0.4 is 9.47 Å². The molecule has 216 valence electrons. The molecule has 1 amide bonds. The Morgan fingerprint density at radius 2 is 1.68 bits per heavy atom. The van der Waals surface area contributed by atoms with Crippen molar-refractivity contribution in [3.8, 4) is 11.5 Å². The summed E-state index contributed by atoms with van der Waals surface area (Å²) < 4.78 is 13.3. The number of benzene rings is 2. The maximum absolute atomic E-state index is 13.2. The second-order valence-corrected chi connectivity index (χ2v) is 10.5. The smallest absolute Gasteiger partial charge is 0.246 e. The molecule has 0 N–H and O–H groups in total. The minimum absolute atomic E-state index is 0.0807. The van der Waals surface area contributed by atoms with Crippen molar-refractivity contribution in [3.05, 3.63) is 65.4 Å². The summed E-state index contributed by atoms with van der Waals surface area (Å²) in [6.07, 6.45) is 5.83. The largest absolute Gasteiger partial charge is 0.497 e. The zero-order valence-corrected chi connectivity index (χ0v) is 25.0. The fourth-order valence-corrected chi connectivity index (χ4v) is 5.67.